The summed E-state index contributed by atoms with van der Waals surface area (Å²) in [4.78, 5) is 22.2. The highest BCUT2D eigenvalue weighted by Crippen LogP contribution is 2.60. The van der Waals surface area contributed by atoms with E-state index in [2.05, 4.69) is 69.6 Å². The Kier molecular flexibility index (Phi) is 6.31. The maximum absolute atomic E-state index is 13.0. The van der Waals surface area contributed by atoms with Crippen molar-refractivity contribution >= 4 is 44.8 Å². The standard InChI is InChI=1S/C32H34ClN9O/c1-31(2,3)16-36-26-19(13-34)14-35-28-23(26)8-20(9-24(28)33)38-29(25-15-42(40-39-25)32-10-18(11-32)12-32)21-6-5-7-22-27(21)37-17-41(4)30(22)43/h5-9,14-15,17-18,29,38-40H,10-12,16H2,1-4H3,(H,35,36)/t18?,29-,32?/m0/s1. The van der Waals surface area contributed by atoms with Crippen LogP contribution in [0.4, 0.5) is 11.4 Å². The maximum Gasteiger partial charge on any atom is 0.260 e. The minimum Gasteiger partial charge on any atom is -0.383 e. The number of aryl methyl sites for hydroxylation is 1. The molecule has 2 bridgehead atoms. The van der Waals surface area contributed by atoms with Crippen LogP contribution in [0.3, 0.4) is 0 Å². The quantitative estimate of drug-likeness (QED) is 0.224. The zero-order valence-electron chi connectivity index (χ0n) is 24.6. The largest absolute Gasteiger partial charge is 0.383 e. The van der Waals surface area contributed by atoms with Gasteiger partial charge in [0.15, 0.2) is 0 Å². The highest BCUT2D eigenvalue weighted by atomic mass is 35.5. The molecule has 0 radical (unpaired) electrons. The summed E-state index contributed by atoms with van der Waals surface area (Å²) in [6.45, 7) is 7.07. The topological polar surface area (TPSA) is 123 Å². The molecule has 220 valence electrons. The third kappa shape index (κ3) is 4.64. The minimum atomic E-state index is -0.403. The number of nitrogens with zero attached hydrogens (tertiary/aromatic N) is 5. The summed E-state index contributed by atoms with van der Waals surface area (Å²) in [7, 11) is 1.70. The molecule has 0 unspecified atom stereocenters. The van der Waals surface area contributed by atoms with Crippen LogP contribution in [0.1, 0.15) is 57.2 Å². The molecule has 3 fully saturated rings. The van der Waals surface area contributed by atoms with Gasteiger partial charge in [0.25, 0.3) is 5.56 Å². The van der Waals surface area contributed by atoms with E-state index >= 15 is 0 Å². The summed E-state index contributed by atoms with van der Waals surface area (Å²) in [6, 6.07) is 11.4. The van der Waals surface area contributed by atoms with Gasteiger partial charge < -0.3 is 20.6 Å². The average molecular weight is 596 g/mol. The summed E-state index contributed by atoms with van der Waals surface area (Å²) >= 11 is 6.84. The normalized spacial score (nSPS) is 21.4. The zero-order chi connectivity index (χ0) is 30.1. The van der Waals surface area contributed by atoms with E-state index in [0.29, 0.717) is 39.2 Å². The van der Waals surface area contributed by atoms with Gasteiger partial charge in [-0.05, 0) is 48.8 Å². The number of benzene rings is 2. The van der Waals surface area contributed by atoms with Crippen molar-refractivity contribution in [2.24, 2.45) is 18.4 Å². The van der Waals surface area contributed by atoms with Gasteiger partial charge in [-0.15, -0.1) is 5.53 Å². The van der Waals surface area contributed by atoms with Crippen LogP contribution in [0, 0.1) is 22.7 Å². The summed E-state index contributed by atoms with van der Waals surface area (Å²) in [6.07, 6.45) is 8.82. The lowest BCUT2D eigenvalue weighted by Gasteiger charge is -2.64. The molecule has 0 spiro atoms. The van der Waals surface area contributed by atoms with E-state index in [9.17, 15) is 10.1 Å². The van der Waals surface area contributed by atoms with Gasteiger partial charge >= 0.3 is 0 Å². The molecular weight excluding hydrogens is 562 g/mol. The summed E-state index contributed by atoms with van der Waals surface area (Å²) in [5.74, 6) is 0.833. The lowest BCUT2D eigenvalue weighted by atomic mass is 9.49. The van der Waals surface area contributed by atoms with E-state index < -0.39 is 6.04 Å². The number of hydrogen-bond donors (Lipinski definition) is 4. The molecule has 4 aliphatic rings. The van der Waals surface area contributed by atoms with Crippen molar-refractivity contribution in [3.05, 3.63) is 81.3 Å². The average Bonchev–Trinajstić information content (AvgIpc) is 3.39. The zero-order valence-corrected chi connectivity index (χ0v) is 25.4. The molecule has 4 aromatic rings. The Labute approximate surface area is 254 Å². The number of anilines is 2. The third-order valence-electron chi connectivity index (χ3n) is 8.86. The third-order valence-corrected chi connectivity index (χ3v) is 9.15. The number of halogens is 1. The van der Waals surface area contributed by atoms with Crippen molar-refractivity contribution < 1.29 is 0 Å². The van der Waals surface area contributed by atoms with Gasteiger partial charge in [-0.3, -0.25) is 14.8 Å². The summed E-state index contributed by atoms with van der Waals surface area (Å²) < 4.78 is 1.49. The van der Waals surface area contributed by atoms with Gasteiger partial charge in [0.05, 0.1) is 56.3 Å². The second kappa shape index (κ2) is 9.86. The van der Waals surface area contributed by atoms with Crippen molar-refractivity contribution in [1.29, 1.82) is 5.26 Å². The Hall–Kier alpha value is -4.33. The van der Waals surface area contributed by atoms with Crippen molar-refractivity contribution in [2.75, 3.05) is 17.2 Å². The minimum absolute atomic E-state index is 0.00855. The van der Waals surface area contributed by atoms with Crippen molar-refractivity contribution in [1.82, 2.24) is 30.5 Å². The Morgan fingerprint density at radius 3 is 2.67 bits per heavy atom. The van der Waals surface area contributed by atoms with Gasteiger partial charge in [0.1, 0.15) is 6.07 Å². The first-order valence-corrected chi connectivity index (χ1v) is 14.9. The van der Waals surface area contributed by atoms with Crippen molar-refractivity contribution in [3.8, 4) is 6.07 Å². The molecule has 43 heavy (non-hydrogen) atoms. The summed E-state index contributed by atoms with van der Waals surface area (Å²) in [5, 5.41) is 21.0. The van der Waals surface area contributed by atoms with Crippen molar-refractivity contribution in [3.63, 3.8) is 0 Å². The van der Waals surface area contributed by atoms with E-state index in [-0.39, 0.29) is 16.5 Å². The van der Waals surface area contributed by atoms with Crippen LogP contribution in [0.25, 0.3) is 21.8 Å². The smallest absolute Gasteiger partial charge is 0.260 e. The number of nitriles is 1. The molecule has 1 aliphatic heterocycles. The number of nitrogens with one attached hydrogen (secondary N) is 4. The highest BCUT2D eigenvalue weighted by Gasteiger charge is 2.60. The fourth-order valence-corrected chi connectivity index (χ4v) is 6.69. The lowest BCUT2D eigenvalue weighted by molar-refractivity contribution is -0.141. The monoisotopic (exact) mass is 595 g/mol. The molecule has 2 aromatic heterocycles. The molecule has 3 saturated carbocycles. The van der Waals surface area contributed by atoms with Crippen LogP contribution < -0.4 is 27.2 Å². The van der Waals surface area contributed by atoms with Gasteiger partial charge in [0, 0.05) is 42.6 Å². The van der Waals surface area contributed by atoms with E-state index in [0.717, 1.165) is 28.3 Å². The van der Waals surface area contributed by atoms with Gasteiger partial charge in [-0.2, -0.15) is 5.26 Å². The molecule has 4 N–H and O–H groups in total. The molecule has 1 atom stereocenters. The Morgan fingerprint density at radius 1 is 1.19 bits per heavy atom. The number of para-hydroxylation sites is 1. The first kappa shape index (κ1) is 27.5. The lowest BCUT2D eigenvalue weighted by Crippen LogP contribution is -2.69. The number of rotatable bonds is 7. The van der Waals surface area contributed by atoms with Crippen LogP contribution in [-0.4, -0.2) is 31.6 Å². The van der Waals surface area contributed by atoms with E-state index in [4.69, 9.17) is 11.6 Å². The number of pyridine rings is 1. The SMILES string of the molecule is Cn1cnc2c([C@H](Nc3cc(Cl)c4ncc(C#N)c(NCC(C)(C)C)c4c3)C3=CN(C45CC(C4)C5)NN3)cccc2c1=O. The molecule has 10 nitrogen and oxygen atoms in total. The molecule has 0 saturated heterocycles. The Balaban J connectivity index is 1.35. The van der Waals surface area contributed by atoms with E-state index in [1.165, 1.54) is 23.8 Å². The molecule has 3 aliphatic carbocycles. The summed E-state index contributed by atoms with van der Waals surface area (Å²) in [5.41, 5.74) is 11.7. The number of hydrogen-bond acceptors (Lipinski definition) is 9. The Morgan fingerprint density at radius 2 is 1.98 bits per heavy atom. The van der Waals surface area contributed by atoms with Gasteiger partial charge in [-0.25, -0.2) is 4.98 Å². The van der Waals surface area contributed by atoms with Crippen LogP contribution in [-0.2, 0) is 7.05 Å². The first-order chi connectivity index (χ1) is 20.5. The first-order valence-electron chi connectivity index (χ1n) is 14.5. The highest BCUT2D eigenvalue weighted by molar-refractivity contribution is 6.35. The van der Waals surface area contributed by atoms with Crippen molar-refractivity contribution in [2.45, 2.75) is 51.6 Å². The molecular formula is C32H34ClN9O. The predicted octanol–water partition coefficient (Wildman–Crippen LogP) is 5.34. The molecule has 0 amide bonds. The van der Waals surface area contributed by atoms with Gasteiger partial charge in [-0.1, -0.05) is 44.5 Å². The maximum atomic E-state index is 13.0. The molecule has 2 aromatic carbocycles. The number of aromatic nitrogens is 3. The predicted molar refractivity (Wildman–Crippen MR) is 169 cm³/mol. The van der Waals surface area contributed by atoms with Crippen LogP contribution in [0.5, 0.6) is 0 Å². The van der Waals surface area contributed by atoms with Crippen LogP contribution >= 0.6 is 11.6 Å². The Bertz CT molecular complexity index is 1900. The fourth-order valence-electron chi connectivity index (χ4n) is 6.42. The second-order valence-electron chi connectivity index (χ2n) is 13.3. The van der Waals surface area contributed by atoms with Crippen LogP contribution in [0.2, 0.25) is 5.02 Å². The fraction of sp³-hybridized carbons (Fsp3) is 0.375. The molecule has 3 heterocycles. The van der Waals surface area contributed by atoms with Crippen LogP contribution in [0.15, 0.2) is 59.5 Å². The number of fused-ring (bicyclic) bond motifs is 2. The number of hydrazine groups is 2. The molecule has 11 heteroatoms. The molecule has 8 rings (SSSR count). The van der Waals surface area contributed by atoms with Gasteiger partial charge in [0.2, 0.25) is 0 Å². The van der Waals surface area contributed by atoms with E-state index in [1.807, 2.05) is 30.3 Å². The second-order valence-corrected chi connectivity index (χ2v) is 13.7. The van der Waals surface area contributed by atoms with E-state index in [1.54, 1.807) is 19.6 Å².